The molecule has 0 saturated heterocycles. The standard InChI is InChI=1S/C26H22F3NO3.H2/c27-26(28,29)21-11-16(4-6-20(21)18-3-1-2-17(10-18)14-30)12-24(31)25(8-9-25)19-5-7-22-23(13-19)33-15-32-22;/h1-7,10-11,13H,8-9,12,14-15,30H2;1H. The van der Waals surface area contributed by atoms with E-state index in [2.05, 4.69) is 0 Å². The number of fused-ring (bicyclic) bond motifs is 1. The molecule has 172 valence electrons. The monoisotopic (exact) mass is 455 g/mol. The molecule has 0 atom stereocenters. The fourth-order valence-corrected chi connectivity index (χ4v) is 4.46. The van der Waals surface area contributed by atoms with Crippen LogP contribution in [0, 0.1) is 0 Å². The molecule has 33 heavy (non-hydrogen) atoms. The van der Waals surface area contributed by atoms with E-state index in [4.69, 9.17) is 15.2 Å². The number of benzene rings is 3. The Morgan fingerprint density at radius 3 is 2.48 bits per heavy atom. The van der Waals surface area contributed by atoms with E-state index in [1.54, 1.807) is 36.4 Å². The lowest BCUT2D eigenvalue weighted by Gasteiger charge is -2.18. The van der Waals surface area contributed by atoms with Crippen molar-refractivity contribution in [3.63, 3.8) is 0 Å². The van der Waals surface area contributed by atoms with E-state index in [0.29, 0.717) is 35.5 Å². The van der Waals surface area contributed by atoms with Gasteiger partial charge in [0.15, 0.2) is 11.5 Å². The molecule has 5 rings (SSSR count). The zero-order valence-corrected chi connectivity index (χ0v) is 17.7. The number of Topliss-reactive ketones (excluding diaryl/α,β-unsaturated/α-hetero) is 1. The molecule has 0 radical (unpaired) electrons. The summed E-state index contributed by atoms with van der Waals surface area (Å²) in [6, 6.07) is 16.3. The maximum atomic E-state index is 13.9. The van der Waals surface area contributed by atoms with E-state index < -0.39 is 17.2 Å². The summed E-state index contributed by atoms with van der Waals surface area (Å²) in [6.07, 6.45) is -3.29. The zero-order chi connectivity index (χ0) is 23.2. The summed E-state index contributed by atoms with van der Waals surface area (Å²) in [6.45, 7) is 0.379. The summed E-state index contributed by atoms with van der Waals surface area (Å²) in [7, 11) is 0. The Morgan fingerprint density at radius 1 is 0.970 bits per heavy atom. The fraction of sp³-hybridized carbons (Fsp3) is 0.269. The largest absolute Gasteiger partial charge is 0.454 e. The predicted molar refractivity (Wildman–Crippen MR) is 119 cm³/mol. The van der Waals surface area contributed by atoms with Crippen molar-refractivity contribution >= 4 is 5.78 Å². The Kier molecular flexibility index (Phi) is 5.16. The van der Waals surface area contributed by atoms with Crippen molar-refractivity contribution in [2.24, 2.45) is 5.73 Å². The summed E-state index contributed by atoms with van der Waals surface area (Å²) in [4.78, 5) is 13.2. The van der Waals surface area contributed by atoms with Crippen molar-refractivity contribution in [3.8, 4) is 22.6 Å². The second-order valence-electron chi connectivity index (χ2n) is 8.53. The molecule has 1 aliphatic carbocycles. The lowest BCUT2D eigenvalue weighted by atomic mass is 9.86. The van der Waals surface area contributed by atoms with Gasteiger partial charge in [0.2, 0.25) is 6.79 Å². The van der Waals surface area contributed by atoms with Gasteiger partial charge in [0.1, 0.15) is 5.78 Å². The minimum Gasteiger partial charge on any atom is -0.454 e. The number of carbonyl (C=O) groups is 1. The van der Waals surface area contributed by atoms with Crippen LogP contribution in [0.4, 0.5) is 13.2 Å². The third-order valence-electron chi connectivity index (χ3n) is 6.44. The van der Waals surface area contributed by atoms with Crippen LogP contribution in [-0.4, -0.2) is 12.6 Å². The first-order valence-electron chi connectivity index (χ1n) is 10.7. The van der Waals surface area contributed by atoms with Gasteiger partial charge in [-0.2, -0.15) is 13.2 Å². The van der Waals surface area contributed by atoms with Crippen molar-refractivity contribution in [1.82, 2.24) is 0 Å². The molecule has 2 N–H and O–H groups in total. The van der Waals surface area contributed by atoms with Crippen LogP contribution in [0.15, 0.2) is 60.7 Å². The van der Waals surface area contributed by atoms with Crippen LogP contribution in [0.5, 0.6) is 11.5 Å². The third-order valence-corrected chi connectivity index (χ3v) is 6.44. The number of halogens is 3. The lowest BCUT2D eigenvalue weighted by Crippen LogP contribution is -2.22. The van der Waals surface area contributed by atoms with Gasteiger partial charge in [-0.25, -0.2) is 0 Å². The molecule has 0 aromatic heterocycles. The summed E-state index contributed by atoms with van der Waals surface area (Å²) in [5, 5.41) is 0. The molecule has 3 aromatic rings. The summed E-state index contributed by atoms with van der Waals surface area (Å²) >= 11 is 0. The highest BCUT2D eigenvalue weighted by Crippen LogP contribution is 2.51. The van der Waals surface area contributed by atoms with Crippen LogP contribution < -0.4 is 15.2 Å². The second kappa shape index (κ2) is 7.92. The molecule has 2 aliphatic rings. The highest BCUT2D eigenvalue weighted by Gasteiger charge is 2.51. The van der Waals surface area contributed by atoms with Crippen molar-refractivity contribution < 1.29 is 28.9 Å². The maximum absolute atomic E-state index is 13.9. The molecule has 7 heteroatoms. The molecular formula is C26H24F3NO3. The van der Waals surface area contributed by atoms with Crippen LogP contribution in [0.2, 0.25) is 0 Å². The Bertz CT molecular complexity index is 1240. The molecule has 1 aliphatic heterocycles. The number of ether oxygens (including phenoxy) is 2. The highest BCUT2D eigenvalue weighted by atomic mass is 19.4. The second-order valence-corrected chi connectivity index (χ2v) is 8.53. The van der Waals surface area contributed by atoms with Crippen LogP contribution in [0.3, 0.4) is 0 Å². The first kappa shape index (κ1) is 21.5. The number of carbonyl (C=O) groups excluding carboxylic acids is 1. The van der Waals surface area contributed by atoms with Gasteiger partial charge in [0, 0.05) is 14.4 Å². The van der Waals surface area contributed by atoms with Crippen molar-refractivity contribution in [1.29, 1.82) is 0 Å². The van der Waals surface area contributed by atoms with Crippen molar-refractivity contribution in [2.75, 3.05) is 6.79 Å². The maximum Gasteiger partial charge on any atom is 0.417 e. The van der Waals surface area contributed by atoms with Gasteiger partial charge >= 0.3 is 6.18 Å². The molecule has 0 unspecified atom stereocenters. The first-order valence-corrected chi connectivity index (χ1v) is 10.7. The van der Waals surface area contributed by atoms with E-state index in [-0.39, 0.29) is 32.5 Å². The van der Waals surface area contributed by atoms with Gasteiger partial charge in [-0.1, -0.05) is 36.4 Å². The Labute approximate surface area is 190 Å². The molecular weight excluding hydrogens is 431 g/mol. The third kappa shape index (κ3) is 3.97. The average Bonchev–Trinajstić information content (AvgIpc) is 3.49. The fourth-order valence-electron chi connectivity index (χ4n) is 4.46. The van der Waals surface area contributed by atoms with E-state index in [9.17, 15) is 18.0 Å². The summed E-state index contributed by atoms with van der Waals surface area (Å²) in [5.74, 6) is 1.13. The topological polar surface area (TPSA) is 61.6 Å². The Hall–Kier alpha value is -3.32. The smallest absolute Gasteiger partial charge is 0.417 e. The minimum atomic E-state index is -4.55. The van der Waals surface area contributed by atoms with Gasteiger partial charge < -0.3 is 15.2 Å². The Morgan fingerprint density at radius 2 is 1.76 bits per heavy atom. The zero-order valence-electron chi connectivity index (χ0n) is 17.7. The molecule has 0 bridgehead atoms. The molecule has 1 saturated carbocycles. The van der Waals surface area contributed by atoms with E-state index in [0.717, 1.165) is 17.2 Å². The molecule has 0 spiro atoms. The number of alkyl halides is 3. The van der Waals surface area contributed by atoms with Crippen LogP contribution in [0.1, 0.15) is 36.5 Å². The van der Waals surface area contributed by atoms with Gasteiger partial charge in [0.05, 0.1) is 11.0 Å². The molecule has 1 heterocycles. The number of ketones is 1. The normalized spacial score (nSPS) is 16.0. The first-order chi connectivity index (χ1) is 15.8. The van der Waals surface area contributed by atoms with Crippen LogP contribution in [-0.2, 0) is 29.4 Å². The molecule has 3 aromatic carbocycles. The van der Waals surface area contributed by atoms with Gasteiger partial charge in [-0.05, 0) is 64.9 Å². The average molecular weight is 455 g/mol. The molecule has 4 nitrogen and oxygen atoms in total. The number of rotatable bonds is 6. The van der Waals surface area contributed by atoms with E-state index >= 15 is 0 Å². The van der Waals surface area contributed by atoms with Crippen molar-refractivity contribution in [2.45, 2.75) is 37.4 Å². The van der Waals surface area contributed by atoms with Gasteiger partial charge in [-0.3, -0.25) is 4.79 Å². The van der Waals surface area contributed by atoms with Crippen LogP contribution >= 0.6 is 0 Å². The van der Waals surface area contributed by atoms with Gasteiger partial charge in [0.25, 0.3) is 0 Å². The summed E-state index contributed by atoms with van der Waals surface area (Å²) < 4.78 is 52.6. The summed E-state index contributed by atoms with van der Waals surface area (Å²) in [5.41, 5.74) is 6.66. The number of hydrogen-bond acceptors (Lipinski definition) is 4. The van der Waals surface area contributed by atoms with Crippen molar-refractivity contribution in [3.05, 3.63) is 82.9 Å². The highest BCUT2D eigenvalue weighted by molar-refractivity contribution is 5.95. The van der Waals surface area contributed by atoms with Gasteiger partial charge in [-0.15, -0.1) is 0 Å². The number of nitrogens with two attached hydrogens (primary N) is 1. The number of hydrogen-bond donors (Lipinski definition) is 1. The van der Waals surface area contributed by atoms with Crippen LogP contribution in [0.25, 0.3) is 11.1 Å². The quantitative estimate of drug-likeness (QED) is 0.522. The Balaban J connectivity index is 0.00000274. The lowest BCUT2D eigenvalue weighted by molar-refractivity contribution is -0.137. The van der Waals surface area contributed by atoms with E-state index in [1.165, 1.54) is 6.07 Å². The molecule has 1 fully saturated rings. The predicted octanol–water partition coefficient (Wildman–Crippen LogP) is 5.65. The molecule has 0 amide bonds. The SMILES string of the molecule is NCc1cccc(-c2ccc(CC(=O)C3(c4ccc5c(c4)OCO5)CC3)cc2C(F)(F)F)c1.[HH]. The van der Waals surface area contributed by atoms with E-state index in [1.807, 2.05) is 12.1 Å². The minimum absolute atomic E-state index is 0.